The number of fused-ring (bicyclic) bond motifs is 3. The highest BCUT2D eigenvalue weighted by molar-refractivity contribution is 7.88. The van der Waals surface area contributed by atoms with Gasteiger partial charge in [-0.05, 0) is 23.3 Å². The van der Waals surface area contributed by atoms with Crippen LogP contribution < -0.4 is 14.6 Å². The molecule has 138 valence electrons. The van der Waals surface area contributed by atoms with Crippen molar-refractivity contribution < 1.29 is 23.0 Å². The number of benzene rings is 2. The molecule has 0 amide bonds. The maximum absolute atomic E-state index is 11.4. The van der Waals surface area contributed by atoms with E-state index in [1.54, 1.807) is 19.3 Å². The Morgan fingerprint density at radius 1 is 1.27 bits per heavy atom. The van der Waals surface area contributed by atoms with Crippen LogP contribution in [0.15, 0.2) is 48.6 Å². The molecule has 0 radical (unpaired) electrons. The lowest BCUT2D eigenvalue weighted by molar-refractivity contribution is 0.204. The fourth-order valence-electron chi connectivity index (χ4n) is 3.16. The minimum atomic E-state index is -3.63. The van der Waals surface area contributed by atoms with E-state index in [0.29, 0.717) is 23.5 Å². The largest absolute Gasteiger partial charge is 0.496 e. The standard InChI is InChI=1S/C19H21NO5S/c1-24-17-6-4-7-18-19(17)14-9-8-13(12-26(20,22)23)11-15(14)16(25-18)5-2-3-10-21/h2-4,6-9,11,16,21H,5,10,12H2,1H3,(H2,20,22,23)/b3-2+. The van der Waals surface area contributed by atoms with Gasteiger partial charge in [0.25, 0.3) is 0 Å². The van der Waals surface area contributed by atoms with Crippen molar-refractivity contribution in [1.82, 2.24) is 0 Å². The zero-order valence-corrected chi connectivity index (χ0v) is 15.2. The molecule has 0 aromatic heterocycles. The topological polar surface area (TPSA) is 98.9 Å². The zero-order chi connectivity index (χ0) is 18.7. The van der Waals surface area contributed by atoms with Crippen LogP contribution in [-0.2, 0) is 15.8 Å². The lowest BCUT2D eigenvalue weighted by Gasteiger charge is -2.29. The number of aliphatic hydroxyl groups excluding tert-OH is 1. The highest BCUT2D eigenvalue weighted by atomic mass is 32.2. The van der Waals surface area contributed by atoms with Gasteiger partial charge in [0, 0.05) is 12.0 Å². The van der Waals surface area contributed by atoms with Crippen molar-refractivity contribution in [3.8, 4) is 22.6 Å². The fraction of sp³-hybridized carbons (Fsp3) is 0.263. The van der Waals surface area contributed by atoms with Crippen LogP contribution in [0.3, 0.4) is 0 Å². The number of rotatable bonds is 6. The summed E-state index contributed by atoms with van der Waals surface area (Å²) in [5.74, 6) is 1.16. The summed E-state index contributed by atoms with van der Waals surface area (Å²) in [5, 5.41) is 14.1. The molecule has 1 heterocycles. The van der Waals surface area contributed by atoms with E-state index in [2.05, 4.69) is 0 Å². The first kappa shape index (κ1) is 18.4. The van der Waals surface area contributed by atoms with Crippen LogP contribution in [-0.4, -0.2) is 27.2 Å². The number of nitrogens with two attached hydrogens (primary N) is 1. The summed E-state index contributed by atoms with van der Waals surface area (Å²) in [6.45, 7) is -0.0462. The Bertz CT molecular complexity index is 937. The lowest BCUT2D eigenvalue weighted by Crippen LogP contribution is -2.17. The van der Waals surface area contributed by atoms with Crippen LogP contribution in [0.5, 0.6) is 11.5 Å². The Balaban J connectivity index is 2.11. The van der Waals surface area contributed by atoms with Crippen molar-refractivity contribution in [2.45, 2.75) is 18.3 Å². The first-order chi connectivity index (χ1) is 12.4. The Morgan fingerprint density at radius 3 is 2.77 bits per heavy atom. The molecule has 1 aliphatic heterocycles. The van der Waals surface area contributed by atoms with E-state index in [9.17, 15) is 8.42 Å². The van der Waals surface area contributed by atoms with Crippen LogP contribution in [0.2, 0.25) is 0 Å². The second-order valence-electron chi connectivity index (χ2n) is 6.06. The molecule has 2 aromatic rings. The third-order valence-corrected chi connectivity index (χ3v) is 4.94. The molecular formula is C19H21NO5S. The monoisotopic (exact) mass is 375 g/mol. The normalized spacial score (nSPS) is 16.0. The molecule has 2 aromatic carbocycles. The average Bonchev–Trinajstić information content (AvgIpc) is 2.60. The van der Waals surface area contributed by atoms with E-state index in [4.69, 9.17) is 19.7 Å². The van der Waals surface area contributed by atoms with Gasteiger partial charge in [0.05, 0.1) is 25.0 Å². The van der Waals surface area contributed by atoms with Crippen molar-refractivity contribution in [3.63, 3.8) is 0 Å². The van der Waals surface area contributed by atoms with E-state index in [1.807, 2.05) is 36.4 Å². The zero-order valence-electron chi connectivity index (χ0n) is 14.4. The van der Waals surface area contributed by atoms with Crippen LogP contribution in [0.4, 0.5) is 0 Å². The lowest BCUT2D eigenvalue weighted by atomic mass is 9.89. The summed E-state index contributed by atoms with van der Waals surface area (Å²) in [5.41, 5.74) is 3.24. The van der Waals surface area contributed by atoms with Crippen molar-refractivity contribution in [1.29, 1.82) is 0 Å². The molecule has 0 bridgehead atoms. The molecule has 1 atom stereocenters. The van der Waals surface area contributed by atoms with Crippen LogP contribution >= 0.6 is 0 Å². The SMILES string of the molecule is COc1cccc2c1-c1ccc(CS(N)(=O)=O)cc1C(C/C=C/CO)O2. The first-order valence-corrected chi connectivity index (χ1v) is 9.87. The van der Waals surface area contributed by atoms with E-state index >= 15 is 0 Å². The summed E-state index contributed by atoms with van der Waals surface area (Å²) in [6, 6.07) is 11.0. The molecular weight excluding hydrogens is 354 g/mol. The number of sulfonamides is 1. The van der Waals surface area contributed by atoms with Gasteiger partial charge in [0.2, 0.25) is 10.0 Å². The Hall–Kier alpha value is -2.35. The van der Waals surface area contributed by atoms with E-state index in [1.165, 1.54) is 0 Å². The summed E-state index contributed by atoms with van der Waals surface area (Å²) < 4.78 is 34.5. The third-order valence-electron chi connectivity index (χ3n) is 4.20. The van der Waals surface area contributed by atoms with Crippen LogP contribution in [0, 0.1) is 0 Å². The highest BCUT2D eigenvalue weighted by Gasteiger charge is 2.28. The Labute approximate surface area is 152 Å². The number of aliphatic hydroxyl groups is 1. The molecule has 1 aliphatic rings. The smallest absolute Gasteiger partial charge is 0.213 e. The van der Waals surface area contributed by atoms with Crippen molar-refractivity contribution in [2.24, 2.45) is 5.14 Å². The molecule has 7 heteroatoms. The Kier molecular flexibility index (Phi) is 5.31. The van der Waals surface area contributed by atoms with Gasteiger partial charge in [-0.3, -0.25) is 0 Å². The van der Waals surface area contributed by atoms with E-state index < -0.39 is 10.0 Å². The van der Waals surface area contributed by atoms with Gasteiger partial charge < -0.3 is 14.6 Å². The summed E-state index contributed by atoms with van der Waals surface area (Å²) in [6.07, 6.45) is 3.74. The predicted octanol–water partition coefficient (Wildman–Crippen LogP) is 2.52. The molecule has 3 rings (SSSR count). The molecule has 0 fully saturated rings. The molecule has 1 unspecified atom stereocenters. The molecule has 26 heavy (non-hydrogen) atoms. The van der Waals surface area contributed by atoms with Gasteiger partial charge in [0.1, 0.15) is 17.6 Å². The molecule has 0 saturated heterocycles. The summed E-state index contributed by atoms with van der Waals surface area (Å²) in [7, 11) is -2.03. The van der Waals surface area contributed by atoms with Gasteiger partial charge in [-0.15, -0.1) is 0 Å². The van der Waals surface area contributed by atoms with Gasteiger partial charge in [-0.25, -0.2) is 13.6 Å². The van der Waals surface area contributed by atoms with E-state index in [0.717, 1.165) is 16.7 Å². The summed E-state index contributed by atoms with van der Waals surface area (Å²) in [4.78, 5) is 0. The molecule has 0 spiro atoms. The number of hydrogen-bond acceptors (Lipinski definition) is 5. The average molecular weight is 375 g/mol. The molecule has 3 N–H and O–H groups in total. The number of ether oxygens (including phenoxy) is 2. The highest BCUT2D eigenvalue weighted by Crippen LogP contribution is 2.48. The predicted molar refractivity (Wildman–Crippen MR) is 99.5 cm³/mol. The first-order valence-electron chi connectivity index (χ1n) is 8.16. The van der Waals surface area contributed by atoms with Crippen molar-refractivity contribution >= 4 is 10.0 Å². The Morgan fingerprint density at radius 2 is 2.08 bits per heavy atom. The maximum Gasteiger partial charge on any atom is 0.213 e. The van der Waals surface area contributed by atoms with Crippen molar-refractivity contribution in [2.75, 3.05) is 13.7 Å². The molecule has 6 nitrogen and oxygen atoms in total. The number of hydrogen-bond donors (Lipinski definition) is 2. The molecule has 0 saturated carbocycles. The number of primary sulfonamides is 1. The van der Waals surface area contributed by atoms with Crippen molar-refractivity contribution in [3.05, 3.63) is 59.7 Å². The van der Waals surface area contributed by atoms with Gasteiger partial charge >= 0.3 is 0 Å². The molecule has 0 aliphatic carbocycles. The second-order valence-corrected chi connectivity index (χ2v) is 7.67. The minimum Gasteiger partial charge on any atom is -0.496 e. The third kappa shape index (κ3) is 3.90. The second kappa shape index (κ2) is 7.49. The van der Waals surface area contributed by atoms with Crippen LogP contribution in [0.25, 0.3) is 11.1 Å². The van der Waals surface area contributed by atoms with E-state index in [-0.39, 0.29) is 18.5 Å². The van der Waals surface area contributed by atoms with Crippen LogP contribution in [0.1, 0.15) is 23.7 Å². The fourth-order valence-corrected chi connectivity index (χ4v) is 3.80. The minimum absolute atomic E-state index is 0.0462. The van der Waals surface area contributed by atoms with Gasteiger partial charge in [-0.2, -0.15) is 0 Å². The summed E-state index contributed by atoms with van der Waals surface area (Å²) >= 11 is 0. The maximum atomic E-state index is 11.4. The number of methoxy groups -OCH3 is 1. The quantitative estimate of drug-likeness (QED) is 0.756. The van der Waals surface area contributed by atoms with Gasteiger partial charge in [-0.1, -0.05) is 36.4 Å². The van der Waals surface area contributed by atoms with Gasteiger partial charge in [0.15, 0.2) is 0 Å².